The summed E-state index contributed by atoms with van der Waals surface area (Å²) in [5.74, 6) is -7.93. The lowest BCUT2D eigenvalue weighted by Crippen LogP contribution is -2.67. The molecule has 0 aromatic carbocycles. The van der Waals surface area contributed by atoms with Crippen molar-refractivity contribution in [2.45, 2.75) is 50.4 Å². The molecule has 0 atom stereocenters. The number of aliphatic carboxylic acids is 3. The number of amides is 1. The van der Waals surface area contributed by atoms with Crippen molar-refractivity contribution in [1.29, 1.82) is 0 Å². The number of piperazine rings is 1. The van der Waals surface area contributed by atoms with Gasteiger partial charge in [-0.1, -0.05) is 0 Å². The van der Waals surface area contributed by atoms with Crippen LogP contribution in [0.3, 0.4) is 0 Å². The second kappa shape index (κ2) is 16.2. The van der Waals surface area contributed by atoms with Gasteiger partial charge in [0, 0.05) is 51.7 Å². The molecule has 2 aliphatic heterocycles. The zero-order valence-electron chi connectivity index (χ0n) is 22.6. The molecule has 0 bridgehead atoms. The van der Waals surface area contributed by atoms with Gasteiger partial charge in [0.2, 0.25) is 5.91 Å². The zero-order valence-corrected chi connectivity index (χ0v) is 22.6. The van der Waals surface area contributed by atoms with Crippen LogP contribution in [0, 0.1) is 0 Å². The summed E-state index contributed by atoms with van der Waals surface area (Å²) in [6.45, 7) is 7.68. The van der Waals surface area contributed by atoms with Crippen LogP contribution in [0.15, 0.2) is 24.5 Å². The van der Waals surface area contributed by atoms with Crippen molar-refractivity contribution in [3.05, 3.63) is 30.1 Å². The molecule has 2 aliphatic rings. The largest absolute Gasteiger partial charge is 0.490 e. The lowest BCUT2D eigenvalue weighted by molar-refractivity contribution is -0.193. The van der Waals surface area contributed by atoms with Gasteiger partial charge < -0.3 is 20.2 Å². The van der Waals surface area contributed by atoms with Crippen LogP contribution in [0.25, 0.3) is 0 Å². The van der Waals surface area contributed by atoms with E-state index in [0.29, 0.717) is 5.91 Å². The van der Waals surface area contributed by atoms with Crippen LogP contribution in [0.1, 0.15) is 25.3 Å². The fraction of sp³-hybridized carbons (Fsp3) is 0.609. The molecule has 1 amide bonds. The molecule has 0 saturated carbocycles. The molecule has 43 heavy (non-hydrogen) atoms. The van der Waals surface area contributed by atoms with Gasteiger partial charge in [0.05, 0.1) is 0 Å². The third-order valence-corrected chi connectivity index (χ3v) is 6.07. The molecule has 1 spiro atoms. The summed E-state index contributed by atoms with van der Waals surface area (Å²) in [5, 5.41) is 21.4. The number of carbonyl (C=O) groups excluding carboxylic acids is 1. The molecular weight excluding hydrogens is 615 g/mol. The number of pyridine rings is 1. The monoisotopic (exact) mass is 644 g/mol. The fourth-order valence-electron chi connectivity index (χ4n) is 3.77. The van der Waals surface area contributed by atoms with E-state index < -0.39 is 36.4 Å². The van der Waals surface area contributed by atoms with E-state index in [1.807, 2.05) is 17.3 Å². The first-order chi connectivity index (χ1) is 19.5. The average molecular weight is 644 g/mol. The average Bonchev–Trinajstić information content (AvgIpc) is 2.89. The summed E-state index contributed by atoms with van der Waals surface area (Å²) < 4.78 is 95.2. The summed E-state index contributed by atoms with van der Waals surface area (Å²) in [5.41, 5.74) is 1.03. The van der Waals surface area contributed by atoms with E-state index in [1.165, 1.54) is 5.56 Å². The van der Waals surface area contributed by atoms with Crippen LogP contribution in [-0.2, 0) is 25.7 Å². The normalized spacial score (nSPS) is 17.4. The van der Waals surface area contributed by atoms with Crippen LogP contribution < -0.4 is 0 Å². The highest BCUT2D eigenvalue weighted by molar-refractivity contribution is 5.87. The minimum Gasteiger partial charge on any atom is -0.475 e. The Morgan fingerprint density at radius 3 is 1.49 bits per heavy atom. The number of rotatable bonds is 3. The summed E-state index contributed by atoms with van der Waals surface area (Å²) in [4.78, 5) is 50.4. The third kappa shape index (κ3) is 13.4. The number of carbonyl (C=O) groups is 4. The predicted molar refractivity (Wildman–Crippen MR) is 127 cm³/mol. The van der Waals surface area contributed by atoms with E-state index in [2.05, 4.69) is 40.9 Å². The summed E-state index contributed by atoms with van der Waals surface area (Å²) >= 11 is 0. The number of hydrogen-bond donors (Lipinski definition) is 3. The second-order valence-electron chi connectivity index (χ2n) is 8.88. The van der Waals surface area contributed by atoms with Crippen molar-refractivity contribution in [2.75, 3.05) is 39.8 Å². The predicted octanol–water partition coefficient (Wildman–Crippen LogP) is 3.11. The zero-order chi connectivity index (χ0) is 33.8. The maximum Gasteiger partial charge on any atom is 0.490 e. The van der Waals surface area contributed by atoms with Gasteiger partial charge in [0.15, 0.2) is 0 Å². The number of alkyl halides is 9. The highest BCUT2D eigenvalue weighted by Gasteiger charge is 2.48. The molecule has 2 fully saturated rings. The van der Waals surface area contributed by atoms with Crippen molar-refractivity contribution in [1.82, 2.24) is 19.7 Å². The molecule has 0 radical (unpaired) electrons. The first-order valence-corrected chi connectivity index (χ1v) is 12.0. The number of carboxylic acids is 3. The molecule has 2 saturated heterocycles. The number of nitrogens with zero attached hydrogens (tertiary/aromatic N) is 4. The molecule has 0 aliphatic carbocycles. The van der Waals surface area contributed by atoms with Crippen molar-refractivity contribution in [3.63, 3.8) is 0 Å². The summed E-state index contributed by atoms with van der Waals surface area (Å²) in [6.07, 6.45) is -9.69. The third-order valence-electron chi connectivity index (χ3n) is 6.07. The molecular formula is C23H29F9N4O7. The minimum atomic E-state index is -5.08. The van der Waals surface area contributed by atoms with Crippen molar-refractivity contribution < 1.29 is 74.0 Å². The maximum atomic E-state index is 12.9. The van der Waals surface area contributed by atoms with Crippen molar-refractivity contribution >= 4 is 23.8 Å². The molecule has 3 N–H and O–H groups in total. The quantitative estimate of drug-likeness (QED) is 0.419. The van der Waals surface area contributed by atoms with Crippen LogP contribution >= 0.6 is 0 Å². The summed E-state index contributed by atoms with van der Waals surface area (Å²) in [7, 11) is 2.11. The number of halogens is 9. The molecule has 3 rings (SSSR count). The van der Waals surface area contributed by atoms with Crippen molar-refractivity contribution in [2.24, 2.45) is 0 Å². The Morgan fingerprint density at radius 1 is 0.791 bits per heavy atom. The SMILES string of the molecule is CCN1CCN(C)C2(CCN(Cc3ccncc3)CC2)C1=O.O=C(O)C(F)(F)F.O=C(O)C(F)(F)F.O=C(O)C(F)(F)F. The molecule has 11 nitrogen and oxygen atoms in total. The Balaban J connectivity index is 0.000000690. The van der Waals surface area contributed by atoms with Crippen LogP contribution in [0.2, 0.25) is 0 Å². The van der Waals surface area contributed by atoms with Gasteiger partial charge >= 0.3 is 36.4 Å². The number of aromatic nitrogens is 1. The maximum absolute atomic E-state index is 12.9. The van der Waals surface area contributed by atoms with Gasteiger partial charge in [-0.2, -0.15) is 39.5 Å². The first kappa shape index (κ1) is 39.3. The first-order valence-electron chi connectivity index (χ1n) is 12.0. The van der Waals surface area contributed by atoms with Crippen LogP contribution in [-0.4, -0.2) is 123 Å². The van der Waals surface area contributed by atoms with Gasteiger partial charge in [-0.25, -0.2) is 14.4 Å². The molecule has 246 valence electrons. The lowest BCUT2D eigenvalue weighted by atomic mass is 9.82. The Bertz CT molecular complexity index is 1000. The van der Waals surface area contributed by atoms with E-state index in [9.17, 15) is 44.3 Å². The number of likely N-dealkylation sites (tertiary alicyclic amines) is 1. The molecule has 20 heteroatoms. The summed E-state index contributed by atoms with van der Waals surface area (Å²) in [6, 6.07) is 4.14. The minimum absolute atomic E-state index is 0.261. The van der Waals surface area contributed by atoms with Crippen LogP contribution in [0.4, 0.5) is 39.5 Å². The number of hydrogen-bond acceptors (Lipinski definition) is 7. The molecule has 0 unspecified atom stereocenters. The highest BCUT2D eigenvalue weighted by atomic mass is 19.4. The number of carboxylic acid groups (broad SMARTS) is 3. The lowest BCUT2D eigenvalue weighted by Gasteiger charge is -2.51. The molecule has 3 heterocycles. The number of piperidine rings is 1. The van der Waals surface area contributed by atoms with Crippen molar-refractivity contribution in [3.8, 4) is 0 Å². The second-order valence-corrected chi connectivity index (χ2v) is 8.88. The topological polar surface area (TPSA) is 152 Å². The molecule has 1 aromatic heterocycles. The Hall–Kier alpha value is -3.68. The fourth-order valence-corrected chi connectivity index (χ4v) is 3.77. The highest BCUT2D eigenvalue weighted by Crippen LogP contribution is 2.33. The van der Waals surface area contributed by atoms with Gasteiger partial charge in [-0.3, -0.25) is 19.6 Å². The van der Waals surface area contributed by atoms with E-state index in [1.54, 1.807) is 0 Å². The molecule has 1 aromatic rings. The van der Waals surface area contributed by atoms with E-state index in [-0.39, 0.29) is 5.54 Å². The van der Waals surface area contributed by atoms with E-state index in [0.717, 1.165) is 52.1 Å². The number of likely N-dealkylation sites (N-methyl/N-ethyl adjacent to an activating group) is 2. The van der Waals surface area contributed by atoms with Gasteiger partial charge in [-0.15, -0.1) is 0 Å². The van der Waals surface area contributed by atoms with Crippen LogP contribution in [0.5, 0.6) is 0 Å². The van der Waals surface area contributed by atoms with Gasteiger partial charge in [0.1, 0.15) is 5.54 Å². The Morgan fingerprint density at radius 2 is 1.16 bits per heavy atom. The Labute approximate surface area is 238 Å². The van der Waals surface area contributed by atoms with E-state index in [4.69, 9.17) is 29.7 Å². The standard InChI is InChI=1S/C17H26N4O.3C2HF3O2/c1-3-21-13-12-19(2)17(16(21)22)6-10-20(11-7-17)14-15-4-8-18-9-5-15;3*3-2(4,5)1(6)7/h4-5,8-9H,3,6-7,10-14H2,1-2H3;3*(H,6,7). The Kier molecular flexibility index (Phi) is 14.9. The smallest absolute Gasteiger partial charge is 0.475 e. The van der Waals surface area contributed by atoms with Gasteiger partial charge in [-0.05, 0) is 44.5 Å². The van der Waals surface area contributed by atoms with E-state index >= 15 is 0 Å². The van der Waals surface area contributed by atoms with Gasteiger partial charge in [0.25, 0.3) is 0 Å².